The number of pyridine rings is 1. The molecule has 0 spiro atoms. The number of para-hydroxylation sites is 1. The number of benzene rings is 1. The number of likely N-dealkylation sites (tertiary alicyclic amines) is 1. The van der Waals surface area contributed by atoms with Crippen LogP contribution in [0.5, 0.6) is 5.88 Å². The smallest absolute Gasteiger partial charge is 0.422 e. The molecule has 31 heavy (non-hydrogen) atoms. The predicted molar refractivity (Wildman–Crippen MR) is 107 cm³/mol. The molecule has 0 bridgehead atoms. The molecule has 7 nitrogen and oxygen atoms in total. The van der Waals surface area contributed by atoms with Crippen LogP contribution in [0.2, 0.25) is 0 Å². The number of urea groups is 1. The highest BCUT2D eigenvalue weighted by atomic mass is 19.4. The maximum atomic E-state index is 12.6. The molecular formula is C21H23F3N4O3. The van der Waals surface area contributed by atoms with E-state index in [1.54, 1.807) is 23.1 Å². The summed E-state index contributed by atoms with van der Waals surface area (Å²) in [7, 11) is 0. The zero-order chi connectivity index (χ0) is 22.3. The highest BCUT2D eigenvalue weighted by Gasteiger charge is 2.29. The Bertz CT molecular complexity index is 893. The number of carbonyl (C=O) groups excluding carboxylic acids is 2. The molecule has 3 amide bonds. The van der Waals surface area contributed by atoms with Crippen molar-refractivity contribution in [1.29, 1.82) is 0 Å². The van der Waals surface area contributed by atoms with Gasteiger partial charge in [0.15, 0.2) is 6.61 Å². The van der Waals surface area contributed by atoms with Gasteiger partial charge < -0.3 is 20.3 Å². The van der Waals surface area contributed by atoms with Crippen LogP contribution in [0, 0.1) is 5.92 Å². The first-order valence-electron chi connectivity index (χ1n) is 9.83. The number of amides is 3. The number of rotatable bonds is 6. The number of nitrogens with one attached hydrogen (secondary N) is 2. The monoisotopic (exact) mass is 436 g/mol. The van der Waals surface area contributed by atoms with Gasteiger partial charge in [-0.2, -0.15) is 13.2 Å². The minimum atomic E-state index is -4.45. The van der Waals surface area contributed by atoms with Gasteiger partial charge in [-0.05, 0) is 36.6 Å². The maximum absolute atomic E-state index is 12.6. The van der Waals surface area contributed by atoms with Crippen molar-refractivity contribution in [1.82, 2.24) is 15.2 Å². The lowest BCUT2D eigenvalue weighted by atomic mass is 9.97. The highest BCUT2D eigenvalue weighted by Crippen LogP contribution is 2.20. The third-order valence-electron chi connectivity index (χ3n) is 4.75. The molecule has 2 N–H and O–H groups in total. The number of carbonyl (C=O) groups is 2. The Labute approximate surface area is 177 Å². The lowest BCUT2D eigenvalue weighted by molar-refractivity contribution is -0.154. The van der Waals surface area contributed by atoms with Crippen LogP contribution in [0.3, 0.4) is 0 Å². The summed E-state index contributed by atoms with van der Waals surface area (Å²) in [6, 6.07) is 11.7. The Morgan fingerprint density at radius 2 is 1.97 bits per heavy atom. The van der Waals surface area contributed by atoms with Crippen molar-refractivity contribution >= 4 is 17.6 Å². The van der Waals surface area contributed by atoms with E-state index in [4.69, 9.17) is 0 Å². The molecule has 1 aliphatic heterocycles. The van der Waals surface area contributed by atoms with Gasteiger partial charge >= 0.3 is 12.2 Å². The standard InChI is InChI=1S/C21H23F3N4O3/c22-21(23,24)14-31-18-11-15(8-9-25-18)12-26-19(29)16-5-4-10-28(13-16)20(30)27-17-6-2-1-3-7-17/h1-3,6-9,11,16H,4-5,10,12-14H2,(H,26,29)(H,27,30). The van der Waals surface area contributed by atoms with Crippen molar-refractivity contribution in [3.8, 4) is 5.88 Å². The number of ether oxygens (including phenoxy) is 1. The number of alkyl halides is 3. The first kappa shape index (κ1) is 22.4. The number of aromatic nitrogens is 1. The van der Waals surface area contributed by atoms with Gasteiger partial charge in [0.2, 0.25) is 11.8 Å². The van der Waals surface area contributed by atoms with Gasteiger partial charge in [-0.15, -0.1) is 0 Å². The second kappa shape index (κ2) is 10.1. The first-order chi connectivity index (χ1) is 14.8. The highest BCUT2D eigenvalue weighted by molar-refractivity contribution is 5.90. The molecule has 0 aliphatic carbocycles. The topological polar surface area (TPSA) is 83.6 Å². The summed E-state index contributed by atoms with van der Waals surface area (Å²) < 4.78 is 41.4. The molecule has 0 radical (unpaired) electrons. The van der Waals surface area contributed by atoms with E-state index in [1.807, 2.05) is 18.2 Å². The number of nitrogens with zero attached hydrogens (tertiary/aromatic N) is 2. The molecule has 1 atom stereocenters. The summed E-state index contributed by atoms with van der Waals surface area (Å²) in [4.78, 5) is 30.4. The Balaban J connectivity index is 1.49. The molecule has 1 fully saturated rings. The van der Waals surface area contributed by atoms with Gasteiger partial charge in [-0.1, -0.05) is 18.2 Å². The van der Waals surface area contributed by atoms with E-state index in [0.717, 1.165) is 0 Å². The van der Waals surface area contributed by atoms with Crippen LogP contribution in [-0.4, -0.2) is 47.7 Å². The third-order valence-corrected chi connectivity index (χ3v) is 4.75. The lowest BCUT2D eigenvalue weighted by Crippen LogP contribution is -2.46. The van der Waals surface area contributed by atoms with Crippen molar-refractivity contribution in [2.24, 2.45) is 5.92 Å². The van der Waals surface area contributed by atoms with Crippen molar-refractivity contribution in [2.75, 3.05) is 25.0 Å². The van der Waals surface area contributed by atoms with Crippen LogP contribution in [0.4, 0.5) is 23.7 Å². The molecule has 1 aromatic carbocycles. The summed E-state index contributed by atoms with van der Waals surface area (Å²) in [5, 5.41) is 5.59. The van der Waals surface area contributed by atoms with Crippen LogP contribution in [0.1, 0.15) is 18.4 Å². The van der Waals surface area contributed by atoms with E-state index in [1.165, 1.54) is 12.3 Å². The number of hydrogen-bond donors (Lipinski definition) is 2. The van der Waals surface area contributed by atoms with Crippen LogP contribution >= 0.6 is 0 Å². The van der Waals surface area contributed by atoms with Crippen molar-refractivity contribution in [3.63, 3.8) is 0 Å². The van der Waals surface area contributed by atoms with Crippen molar-refractivity contribution < 1.29 is 27.5 Å². The maximum Gasteiger partial charge on any atom is 0.422 e. The number of hydrogen-bond acceptors (Lipinski definition) is 4. The second-order valence-corrected chi connectivity index (χ2v) is 7.21. The van der Waals surface area contributed by atoms with Gasteiger partial charge in [0.05, 0.1) is 5.92 Å². The van der Waals surface area contributed by atoms with E-state index < -0.39 is 12.8 Å². The molecule has 1 saturated heterocycles. The summed E-state index contributed by atoms with van der Waals surface area (Å²) in [6.07, 6.45) is -1.78. The third kappa shape index (κ3) is 7.16. The second-order valence-electron chi connectivity index (χ2n) is 7.21. The molecule has 1 aliphatic rings. The molecular weight excluding hydrogens is 413 g/mol. The minimum Gasteiger partial charge on any atom is -0.468 e. The molecule has 166 valence electrons. The lowest BCUT2D eigenvalue weighted by Gasteiger charge is -2.32. The van der Waals surface area contributed by atoms with Gasteiger partial charge in [-0.25, -0.2) is 9.78 Å². The van der Waals surface area contributed by atoms with Crippen LogP contribution in [0.15, 0.2) is 48.7 Å². The van der Waals surface area contributed by atoms with Crippen LogP contribution in [-0.2, 0) is 11.3 Å². The van der Waals surface area contributed by atoms with Crippen LogP contribution < -0.4 is 15.4 Å². The van der Waals surface area contributed by atoms with Gasteiger partial charge in [-0.3, -0.25) is 4.79 Å². The van der Waals surface area contributed by atoms with Gasteiger partial charge in [0.1, 0.15) is 0 Å². The SMILES string of the molecule is O=C(NCc1ccnc(OCC(F)(F)F)c1)C1CCCN(C(=O)Nc2ccccc2)C1. The van der Waals surface area contributed by atoms with E-state index in [2.05, 4.69) is 20.4 Å². The Hall–Kier alpha value is -3.30. The van der Waals surface area contributed by atoms with Gasteiger partial charge in [0, 0.05) is 37.6 Å². The normalized spacial score (nSPS) is 16.5. The Kier molecular flexibility index (Phi) is 7.32. The van der Waals surface area contributed by atoms with E-state index in [-0.39, 0.29) is 30.3 Å². The van der Waals surface area contributed by atoms with E-state index >= 15 is 0 Å². The summed E-state index contributed by atoms with van der Waals surface area (Å²) >= 11 is 0. The van der Waals surface area contributed by atoms with E-state index in [9.17, 15) is 22.8 Å². The molecule has 0 saturated carbocycles. The quantitative estimate of drug-likeness (QED) is 0.725. The average Bonchev–Trinajstić information content (AvgIpc) is 2.76. The zero-order valence-electron chi connectivity index (χ0n) is 16.7. The molecule has 10 heteroatoms. The van der Waals surface area contributed by atoms with Gasteiger partial charge in [0.25, 0.3) is 0 Å². The summed E-state index contributed by atoms with van der Waals surface area (Å²) in [5.41, 5.74) is 1.25. The zero-order valence-corrected chi connectivity index (χ0v) is 16.7. The van der Waals surface area contributed by atoms with Crippen LogP contribution in [0.25, 0.3) is 0 Å². The number of piperidine rings is 1. The predicted octanol–water partition coefficient (Wildman–Crippen LogP) is 3.58. The largest absolute Gasteiger partial charge is 0.468 e. The fraction of sp³-hybridized carbons (Fsp3) is 0.381. The molecule has 2 aromatic rings. The fourth-order valence-electron chi connectivity index (χ4n) is 3.23. The first-order valence-corrected chi connectivity index (χ1v) is 9.83. The van der Waals surface area contributed by atoms with E-state index in [0.29, 0.717) is 37.2 Å². The molecule has 2 heterocycles. The van der Waals surface area contributed by atoms with Crippen molar-refractivity contribution in [3.05, 3.63) is 54.2 Å². The average molecular weight is 436 g/mol. The number of anilines is 1. The summed E-state index contributed by atoms with van der Waals surface area (Å²) in [6.45, 7) is -0.456. The Morgan fingerprint density at radius 1 is 1.19 bits per heavy atom. The minimum absolute atomic E-state index is 0.121. The molecule has 1 aromatic heterocycles. The van der Waals surface area contributed by atoms with Crippen molar-refractivity contribution in [2.45, 2.75) is 25.6 Å². The molecule has 3 rings (SSSR count). The molecule has 1 unspecified atom stereocenters. The fourth-order valence-corrected chi connectivity index (χ4v) is 3.23. The number of halogens is 3. The summed E-state index contributed by atoms with van der Waals surface area (Å²) in [5.74, 6) is -0.740. The Morgan fingerprint density at radius 3 is 2.71 bits per heavy atom.